The van der Waals surface area contributed by atoms with Gasteiger partial charge in [-0.05, 0) is 40.2 Å². The van der Waals surface area contributed by atoms with Crippen molar-refractivity contribution in [1.29, 1.82) is 0 Å². The molecular formula is C16H23BO2. The molecule has 0 aliphatic carbocycles. The molecule has 0 bridgehead atoms. The van der Waals surface area contributed by atoms with E-state index in [1.54, 1.807) is 0 Å². The summed E-state index contributed by atoms with van der Waals surface area (Å²) in [5.74, 6) is 0.132. The highest BCUT2D eigenvalue weighted by molar-refractivity contribution is 6.48. The molecular weight excluding hydrogens is 235 g/mol. The van der Waals surface area contributed by atoms with Gasteiger partial charge in [-0.2, -0.15) is 0 Å². The van der Waals surface area contributed by atoms with E-state index >= 15 is 0 Å². The van der Waals surface area contributed by atoms with Crippen molar-refractivity contribution >= 4 is 7.12 Å². The van der Waals surface area contributed by atoms with E-state index in [0.717, 1.165) is 0 Å². The molecule has 0 aromatic heterocycles. The first-order valence-electron chi connectivity index (χ1n) is 6.91. The third-order valence-corrected chi connectivity index (χ3v) is 4.15. The first kappa shape index (κ1) is 14.4. The van der Waals surface area contributed by atoms with Crippen LogP contribution in [0.2, 0.25) is 0 Å². The number of hydrogen-bond acceptors (Lipinski definition) is 2. The highest BCUT2D eigenvalue weighted by atomic mass is 16.7. The van der Waals surface area contributed by atoms with Crippen LogP contribution in [-0.2, 0) is 9.31 Å². The Kier molecular flexibility index (Phi) is 3.89. The highest BCUT2D eigenvalue weighted by Gasteiger charge is 2.53. The van der Waals surface area contributed by atoms with E-state index in [0.29, 0.717) is 0 Å². The van der Waals surface area contributed by atoms with E-state index in [-0.39, 0.29) is 24.1 Å². The zero-order valence-corrected chi connectivity index (χ0v) is 12.5. The summed E-state index contributed by atoms with van der Waals surface area (Å²) in [5, 5.41) is 0. The van der Waals surface area contributed by atoms with Crippen LogP contribution >= 0.6 is 0 Å². The summed E-state index contributed by atoms with van der Waals surface area (Å²) in [6.07, 6.45) is 4.21. The maximum atomic E-state index is 6.16. The van der Waals surface area contributed by atoms with Gasteiger partial charge >= 0.3 is 7.12 Å². The monoisotopic (exact) mass is 258 g/mol. The van der Waals surface area contributed by atoms with E-state index in [4.69, 9.17) is 9.31 Å². The zero-order chi connectivity index (χ0) is 14.1. The molecule has 19 heavy (non-hydrogen) atoms. The molecule has 1 atom stereocenters. The molecule has 0 radical (unpaired) electrons. The molecule has 1 aromatic rings. The maximum Gasteiger partial charge on any atom is 0.469 e. The Balaban J connectivity index is 2.28. The van der Waals surface area contributed by atoms with Gasteiger partial charge in [0.15, 0.2) is 0 Å². The van der Waals surface area contributed by atoms with Gasteiger partial charge in [-0.1, -0.05) is 42.5 Å². The Morgan fingerprint density at radius 3 is 2.00 bits per heavy atom. The number of rotatable bonds is 3. The summed E-state index contributed by atoms with van der Waals surface area (Å²) < 4.78 is 12.3. The summed E-state index contributed by atoms with van der Waals surface area (Å²) in [6, 6.07) is 10.4. The van der Waals surface area contributed by atoms with E-state index in [1.807, 2.05) is 13.0 Å². The van der Waals surface area contributed by atoms with Crippen molar-refractivity contribution in [2.75, 3.05) is 0 Å². The summed E-state index contributed by atoms with van der Waals surface area (Å²) in [7, 11) is -0.233. The van der Waals surface area contributed by atoms with Crippen LogP contribution in [0.5, 0.6) is 0 Å². The lowest BCUT2D eigenvalue weighted by molar-refractivity contribution is 0.00578. The van der Waals surface area contributed by atoms with Crippen molar-refractivity contribution in [3.8, 4) is 0 Å². The lowest BCUT2D eigenvalue weighted by Gasteiger charge is -2.32. The maximum absolute atomic E-state index is 6.16. The van der Waals surface area contributed by atoms with Gasteiger partial charge in [-0.3, -0.25) is 0 Å². The highest BCUT2D eigenvalue weighted by Crippen LogP contribution is 2.41. The molecule has 3 heteroatoms. The van der Waals surface area contributed by atoms with Crippen molar-refractivity contribution in [3.05, 3.63) is 48.0 Å². The minimum Gasteiger partial charge on any atom is -0.403 e. The largest absolute Gasteiger partial charge is 0.469 e. The van der Waals surface area contributed by atoms with Gasteiger partial charge in [0.25, 0.3) is 0 Å². The van der Waals surface area contributed by atoms with Crippen molar-refractivity contribution in [2.45, 2.75) is 51.6 Å². The zero-order valence-electron chi connectivity index (χ0n) is 12.5. The predicted octanol–water partition coefficient (Wildman–Crippen LogP) is 3.98. The average molecular weight is 258 g/mol. The van der Waals surface area contributed by atoms with Crippen molar-refractivity contribution < 1.29 is 9.31 Å². The molecule has 102 valence electrons. The van der Waals surface area contributed by atoms with Gasteiger partial charge in [0, 0.05) is 5.82 Å². The fourth-order valence-corrected chi connectivity index (χ4v) is 2.28. The van der Waals surface area contributed by atoms with E-state index < -0.39 is 0 Å². The van der Waals surface area contributed by atoms with Crippen LogP contribution in [-0.4, -0.2) is 18.3 Å². The molecule has 1 fully saturated rings. The van der Waals surface area contributed by atoms with Crippen molar-refractivity contribution in [1.82, 2.24) is 0 Å². The molecule has 2 nitrogen and oxygen atoms in total. The van der Waals surface area contributed by atoms with E-state index in [2.05, 4.69) is 64.1 Å². The molecule has 2 rings (SSSR count). The minimum atomic E-state index is -0.285. The first-order chi connectivity index (χ1) is 8.87. The quantitative estimate of drug-likeness (QED) is 0.603. The van der Waals surface area contributed by atoms with Gasteiger partial charge in [-0.25, -0.2) is 0 Å². The van der Waals surface area contributed by atoms with Gasteiger partial charge in [0.1, 0.15) is 0 Å². The van der Waals surface area contributed by atoms with E-state index in [1.165, 1.54) is 5.56 Å². The molecule has 0 spiro atoms. The van der Waals surface area contributed by atoms with Crippen LogP contribution in [0.15, 0.2) is 42.5 Å². The molecule has 0 unspecified atom stereocenters. The average Bonchev–Trinajstić information content (AvgIpc) is 2.56. The fraction of sp³-hybridized carbons (Fsp3) is 0.500. The van der Waals surface area contributed by atoms with Crippen LogP contribution in [0, 0.1) is 0 Å². The lowest BCUT2D eigenvalue weighted by Crippen LogP contribution is -2.41. The summed E-state index contributed by atoms with van der Waals surface area (Å²) >= 11 is 0. The molecule has 0 saturated carbocycles. The van der Waals surface area contributed by atoms with Gasteiger partial charge < -0.3 is 9.31 Å². The standard InChI is InChI=1S/C16H23BO2/c1-6-10-14(13-11-8-7-9-12-13)17-18-15(2,3)16(4,5)19-17/h6-12,14H,1-5H3/b10-6+/t14-/m0/s1. The number of hydrogen-bond donors (Lipinski definition) is 0. The van der Waals surface area contributed by atoms with Crippen LogP contribution in [0.4, 0.5) is 0 Å². The second-order valence-electron chi connectivity index (χ2n) is 6.09. The third-order valence-electron chi connectivity index (χ3n) is 4.15. The third kappa shape index (κ3) is 2.77. The second-order valence-corrected chi connectivity index (χ2v) is 6.09. The lowest BCUT2D eigenvalue weighted by atomic mass is 9.68. The Labute approximate surface area is 117 Å². The molecule has 1 saturated heterocycles. The Hall–Kier alpha value is -1.06. The molecule has 1 aliphatic rings. The van der Waals surface area contributed by atoms with Crippen molar-refractivity contribution in [2.24, 2.45) is 0 Å². The summed E-state index contributed by atoms with van der Waals surface area (Å²) in [6.45, 7) is 10.4. The van der Waals surface area contributed by atoms with Crippen LogP contribution in [0.3, 0.4) is 0 Å². The summed E-state index contributed by atoms with van der Waals surface area (Å²) in [4.78, 5) is 0. The Bertz CT molecular complexity index is 435. The van der Waals surface area contributed by atoms with E-state index in [9.17, 15) is 0 Å². The SMILES string of the molecule is C/C=C/[C@H](B1OC(C)(C)C(C)(C)O1)c1ccccc1. The minimum absolute atomic E-state index is 0.132. The van der Waals surface area contributed by atoms with Crippen LogP contribution < -0.4 is 0 Å². The molecule has 0 N–H and O–H groups in total. The fourth-order valence-electron chi connectivity index (χ4n) is 2.28. The smallest absolute Gasteiger partial charge is 0.403 e. The molecule has 1 heterocycles. The molecule has 1 aromatic carbocycles. The normalized spacial score (nSPS) is 22.9. The van der Waals surface area contributed by atoms with Crippen molar-refractivity contribution in [3.63, 3.8) is 0 Å². The number of benzene rings is 1. The topological polar surface area (TPSA) is 18.5 Å². The van der Waals surface area contributed by atoms with Crippen LogP contribution in [0.1, 0.15) is 46.0 Å². The second kappa shape index (κ2) is 5.14. The first-order valence-corrected chi connectivity index (χ1v) is 6.91. The molecule has 0 amide bonds. The number of allylic oxidation sites excluding steroid dienone is 2. The Morgan fingerprint density at radius 1 is 1.00 bits per heavy atom. The Morgan fingerprint density at radius 2 is 1.53 bits per heavy atom. The van der Waals surface area contributed by atoms with Gasteiger partial charge in [0.05, 0.1) is 11.2 Å². The van der Waals surface area contributed by atoms with Gasteiger partial charge in [-0.15, -0.1) is 0 Å². The van der Waals surface area contributed by atoms with Gasteiger partial charge in [0.2, 0.25) is 0 Å². The van der Waals surface area contributed by atoms with Crippen LogP contribution in [0.25, 0.3) is 0 Å². The molecule has 1 aliphatic heterocycles. The summed E-state index contributed by atoms with van der Waals surface area (Å²) in [5.41, 5.74) is 0.651. The predicted molar refractivity (Wildman–Crippen MR) is 80.1 cm³/mol.